The molecule has 28 heavy (non-hydrogen) atoms. The quantitative estimate of drug-likeness (QED) is 0.792. The van der Waals surface area contributed by atoms with Gasteiger partial charge in [-0.15, -0.1) is 0 Å². The van der Waals surface area contributed by atoms with Crippen molar-refractivity contribution in [3.05, 3.63) is 18.3 Å². The first-order valence-electron chi connectivity index (χ1n) is 10.5. The van der Waals surface area contributed by atoms with Crippen molar-refractivity contribution in [2.45, 2.75) is 37.8 Å². The maximum absolute atomic E-state index is 12.8. The van der Waals surface area contributed by atoms with Crippen molar-refractivity contribution in [3.8, 4) is 0 Å². The van der Waals surface area contributed by atoms with Gasteiger partial charge in [-0.25, -0.2) is 9.78 Å². The van der Waals surface area contributed by atoms with Crippen LogP contribution in [0.15, 0.2) is 18.3 Å². The molecule has 3 aliphatic rings. The summed E-state index contributed by atoms with van der Waals surface area (Å²) in [5.74, 6) is 0.921. The van der Waals surface area contributed by atoms with Crippen molar-refractivity contribution in [1.82, 2.24) is 14.8 Å². The van der Waals surface area contributed by atoms with Crippen molar-refractivity contribution in [2.24, 2.45) is 0 Å². The Morgan fingerprint density at radius 3 is 2.68 bits per heavy atom. The van der Waals surface area contributed by atoms with E-state index in [4.69, 9.17) is 4.74 Å². The Morgan fingerprint density at radius 2 is 1.93 bits per heavy atom. The summed E-state index contributed by atoms with van der Waals surface area (Å²) >= 11 is 0. The SMILES string of the molecule is O=C(Nc1ccc(N2CCOCC2)nc1)N1CCC[C@H]1CN1CCC[C@@H]1CO. The van der Waals surface area contributed by atoms with Gasteiger partial charge in [0, 0.05) is 38.3 Å². The molecule has 8 nitrogen and oxygen atoms in total. The number of urea groups is 1. The van der Waals surface area contributed by atoms with Crippen LogP contribution in [0, 0.1) is 0 Å². The van der Waals surface area contributed by atoms with Gasteiger partial charge in [-0.3, -0.25) is 4.90 Å². The molecule has 0 aromatic carbocycles. The molecule has 0 unspecified atom stereocenters. The molecule has 0 aliphatic carbocycles. The van der Waals surface area contributed by atoms with Gasteiger partial charge < -0.3 is 25.0 Å². The number of anilines is 2. The van der Waals surface area contributed by atoms with Gasteiger partial charge >= 0.3 is 6.03 Å². The molecule has 3 fully saturated rings. The predicted molar refractivity (Wildman–Crippen MR) is 108 cm³/mol. The van der Waals surface area contributed by atoms with Crippen LogP contribution in [0.1, 0.15) is 25.7 Å². The van der Waals surface area contributed by atoms with Crippen LogP contribution in [-0.4, -0.2) is 90.5 Å². The van der Waals surface area contributed by atoms with Crippen LogP contribution in [0.25, 0.3) is 0 Å². The van der Waals surface area contributed by atoms with E-state index in [0.29, 0.717) is 0 Å². The lowest BCUT2D eigenvalue weighted by Gasteiger charge is -2.31. The maximum atomic E-state index is 12.8. The van der Waals surface area contributed by atoms with E-state index < -0.39 is 0 Å². The average molecular weight is 390 g/mol. The summed E-state index contributed by atoms with van der Waals surface area (Å²) in [6.45, 7) is 6.01. The second-order valence-corrected chi connectivity index (χ2v) is 7.90. The van der Waals surface area contributed by atoms with Gasteiger partial charge in [0.05, 0.1) is 31.7 Å². The average Bonchev–Trinajstić information content (AvgIpc) is 3.39. The third kappa shape index (κ3) is 4.39. The number of carbonyl (C=O) groups is 1. The van der Waals surface area contributed by atoms with Crippen LogP contribution in [0.3, 0.4) is 0 Å². The normalized spacial score (nSPS) is 26.0. The first kappa shape index (κ1) is 19.4. The van der Waals surface area contributed by atoms with Gasteiger partial charge in [-0.2, -0.15) is 0 Å². The summed E-state index contributed by atoms with van der Waals surface area (Å²) in [6.07, 6.45) is 5.97. The van der Waals surface area contributed by atoms with Gasteiger partial charge in [0.15, 0.2) is 0 Å². The van der Waals surface area contributed by atoms with Crippen LogP contribution in [-0.2, 0) is 4.74 Å². The number of pyridine rings is 1. The minimum Gasteiger partial charge on any atom is -0.395 e. The summed E-state index contributed by atoms with van der Waals surface area (Å²) in [5, 5.41) is 12.6. The van der Waals surface area contributed by atoms with E-state index in [1.807, 2.05) is 17.0 Å². The van der Waals surface area contributed by atoms with Crippen molar-refractivity contribution in [3.63, 3.8) is 0 Å². The number of amides is 2. The van der Waals surface area contributed by atoms with Crippen LogP contribution >= 0.6 is 0 Å². The van der Waals surface area contributed by atoms with E-state index in [1.54, 1.807) is 6.20 Å². The number of nitrogens with zero attached hydrogens (tertiary/aromatic N) is 4. The number of carbonyl (C=O) groups excluding carboxylic acids is 1. The molecule has 2 N–H and O–H groups in total. The Bertz CT molecular complexity index is 650. The number of aromatic nitrogens is 1. The van der Waals surface area contributed by atoms with Crippen molar-refractivity contribution >= 4 is 17.5 Å². The molecule has 3 aliphatic heterocycles. The van der Waals surface area contributed by atoms with Crippen molar-refractivity contribution in [1.29, 1.82) is 0 Å². The van der Waals surface area contributed by atoms with E-state index >= 15 is 0 Å². The molecule has 2 atom stereocenters. The molecule has 0 spiro atoms. The topological polar surface area (TPSA) is 81.2 Å². The summed E-state index contributed by atoms with van der Waals surface area (Å²) in [4.78, 5) is 23.8. The number of hydrogen-bond donors (Lipinski definition) is 2. The summed E-state index contributed by atoms with van der Waals surface area (Å²) < 4.78 is 5.38. The number of ether oxygens (including phenoxy) is 1. The first-order chi connectivity index (χ1) is 13.7. The lowest BCUT2D eigenvalue weighted by molar-refractivity contribution is 0.122. The molecule has 2 amide bonds. The molecule has 0 radical (unpaired) electrons. The molecular formula is C20H31N5O3. The number of aliphatic hydroxyl groups excluding tert-OH is 1. The second-order valence-electron chi connectivity index (χ2n) is 7.90. The molecule has 4 heterocycles. The summed E-state index contributed by atoms with van der Waals surface area (Å²) in [5.41, 5.74) is 0.724. The predicted octanol–water partition coefficient (Wildman–Crippen LogP) is 1.37. The monoisotopic (exact) mass is 389 g/mol. The standard InChI is InChI=1S/C20H31N5O3/c26-15-18-4-1-7-24(18)14-17-3-2-8-25(17)20(27)22-16-5-6-19(21-13-16)23-9-11-28-12-10-23/h5-6,13,17-18,26H,1-4,7-12,14-15H2,(H,22,27)/t17-,18+/m0/s1. The third-order valence-electron chi connectivity index (χ3n) is 6.13. The fraction of sp³-hybridized carbons (Fsp3) is 0.700. The molecule has 0 saturated carbocycles. The Labute approximate surface area is 166 Å². The Kier molecular flexibility index (Phi) is 6.29. The minimum atomic E-state index is -0.0526. The maximum Gasteiger partial charge on any atom is 0.322 e. The molecule has 4 rings (SSSR count). The zero-order chi connectivity index (χ0) is 19.3. The van der Waals surface area contributed by atoms with Crippen LogP contribution in [0.2, 0.25) is 0 Å². The number of aliphatic hydroxyl groups is 1. The fourth-order valence-corrected chi connectivity index (χ4v) is 4.54. The highest BCUT2D eigenvalue weighted by Gasteiger charge is 2.33. The lowest BCUT2D eigenvalue weighted by Crippen LogP contribution is -2.46. The smallest absolute Gasteiger partial charge is 0.322 e. The number of hydrogen-bond acceptors (Lipinski definition) is 6. The number of rotatable bonds is 5. The van der Waals surface area contributed by atoms with E-state index in [-0.39, 0.29) is 24.7 Å². The highest BCUT2D eigenvalue weighted by Crippen LogP contribution is 2.24. The minimum absolute atomic E-state index is 0.0526. The molecule has 1 aromatic rings. The fourth-order valence-electron chi connectivity index (χ4n) is 4.54. The van der Waals surface area contributed by atoms with Gasteiger partial charge in [-0.1, -0.05) is 0 Å². The number of nitrogens with one attached hydrogen (secondary N) is 1. The number of likely N-dealkylation sites (tertiary alicyclic amines) is 2. The van der Waals surface area contributed by atoms with Crippen LogP contribution in [0.4, 0.5) is 16.3 Å². The molecule has 154 valence electrons. The largest absolute Gasteiger partial charge is 0.395 e. The zero-order valence-electron chi connectivity index (χ0n) is 16.4. The third-order valence-corrected chi connectivity index (χ3v) is 6.13. The highest BCUT2D eigenvalue weighted by atomic mass is 16.5. The lowest BCUT2D eigenvalue weighted by atomic mass is 10.2. The Hall–Kier alpha value is -1.90. The van der Waals surface area contributed by atoms with Crippen molar-refractivity contribution < 1.29 is 14.6 Å². The van der Waals surface area contributed by atoms with Crippen LogP contribution < -0.4 is 10.2 Å². The van der Waals surface area contributed by atoms with E-state index in [1.165, 1.54) is 0 Å². The Morgan fingerprint density at radius 1 is 1.14 bits per heavy atom. The first-order valence-corrected chi connectivity index (χ1v) is 10.5. The molecule has 8 heteroatoms. The number of morpholine rings is 1. The molecular weight excluding hydrogens is 358 g/mol. The van der Waals surface area contributed by atoms with E-state index in [0.717, 1.165) is 83.1 Å². The molecule has 3 saturated heterocycles. The molecule has 0 bridgehead atoms. The van der Waals surface area contributed by atoms with E-state index in [9.17, 15) is 9.90 Å². The Balaban J connectivity index is 1.33. The van der Waals surface area contributed by atoms with Crippen molar-refractivity contribution in [2.75, 3.05) is 62.8 Å². The van der Waals surface area contributed by atoms with Crippen LogP contribution in [0.5, 0.6) is 0 Å². The van der Waals surface area contributed by atoms with Gasteiger partial charge in [-0.05, 0) is 44.4 Å². The zero-order valence-corrected chi connectivity index (χ0v) is 16.4. The van der Waals surface area contributed by atoms with E-state index in [2.05, 4.69) is 20.1 Å². The summed E-state index contributed by atoms with van der Waals surface area (Å²) in [7, 11) is 0. The van der Waals surface area contributed by atoms with Gasteiger partial charge in [0.2, 0.25) is 0 Å². The summed E-state index contributed by atoms with van der Waals surface area (Å²) in [6, 6.07) is 4.29. The highest BCUT2D eigenvalue weighted by molar-refractivity contribution is 5.89. The van der Waals surface area contributed by atoms with Gasteiger partial charge in [0.25, 0.3) is 0 Å². The van der Waals surface area contributed by atoms with Gasteiger partial charge in [0.1, 0.15) is 5.82 Å². The molecule has 1 aromatic heterocycles. The second kappa shape index (κ2) is 9.07.